The van der Waals surface area contributed by atoms with Gasteiger partial charge in [-0.2, -0.15) is 0 Å². The minimum absolute atomic E-state index is 0.245. The average Bonchev–Trinajstić information content (AvgIpc) is 2.67. The lowest BCUT2D eigenvalue weighted by Gasteiger charge is -2.12. The van der Waals surface area contributed by atoms with Crippen molar-refractivity contribution in [3.8, 4) is 17.4 Å². The fraction of sp³-hybridized carbons (Fsp3) is 0.300. The standard InChI is InChI=1S/C20H23ClN2O4/c1-4-26-19-16(21)11-14(12-17(19)25-3)8-9-18(24)23-13-15-7-6-10-22-20(15)27-5-2/h6-12H,4-5,13H2,1-3H3,(H,23,24)/b9-8+. The first-order chi connectivity index (χ1) is 13.1. The van der Waals surface area contributed by atoms with Crippen LogP contribution in [0.25, 0.3) is 6.08 Å². The molecule has 0 saturated carbocycles. The number of pyridine rings is 1. The van der Waals surface area contributed by atoms with Gasteiger partial charge in [-0.15, -0.1) is 0 Å². The summed E-state index contributed by atoms with van der Waals surface area (Å²) in [6, 6.07) is 7.13. The van der Waals surface area contributed by atoms with E-state index < -0.39 is 0 Å². The molecule has 1 aromatic carbocycles. The summed E-state index contributed by atoms with van der Waals surface area (Å²) < 4.78 is 16.2. The summed E-state index contributed by atoms with van der Waals surface area (Å²) in [6.45, 7) is 5.06. The van der Waals surface area contributed by atoms with Gasteiger partial charge in [0.2, 0.25) is 11.8 Å². The lowest BCUT2D eigenvalue weighted by molar-refractivity contribution is -0.116. The third-order valence-corrected chi connectivity index (χ3v) is 3.83. The van der Waals surface area contributed by atoms with Crippen molar-refractivity contribution in [1.82, 2.24) is 10.3 Å². The van der Waals surface area contributed by atoms with Crippen LogP contribution in [0.2, 0.25) is 5.02 Å². The van der Waals surface area contributed by atoms with E-state index >= 15 is 0 Å². The molecule has 0 aliphatic heterocycles. The molecule has 1 amide bonds. The van der Waals surface area contributed by atoms with Gasteiger partial charge in [0.1, 0.15) is 0 Å². The van der Waals surface area contributed by atoms with Crippen LogP contribution in [-0.4, -0.2) is 31.2 Å². The monoisotopic (exact) mass is 390 g/mol. The van der Waals surface area contributed by atoms with E-state index in [1.165, 1.54) is 13.2 Å². The molecule has 2 aromatic rings. The Bertz CT molecular complexity index is 809. The first-order valence-corrected chi connectivity index (χ1v) is 8.99. The van der Waals surface area contributed by atoms with E-state index in [0.717, 1.165) is 11.1 Å². The topological polar surface area (TPSA) is 69.7 Å². The fourth-order valence-corrected chi connectivity index (χ4v) is 2.63. The van der Waals surface area contributed by atoms with Crippen LogP contribution >= 0.6 is 11.6 Å². The molecule has 7 heteroatoms. The Morgan fingerprint density at radius 3 is 2.74 bits per heavy atom. The molecule has 1 aromatic heterocycles. The van der Waals surface area contributed by atoms with Gasteiger partial charge in [0.15, 0.2) is 11.5 Å². The number of methoxy groups -OCH3 is 1. The third-order valence-electron chi connectivity index (χ3n) is 3.55. The van der Waals surface area contributed by atoms with E-state index in [2.05, 4.69) is 10.3 Å². The van der Waals surface area contributed by atoms with Gasteiger partial charge in [0.25, 0.3) is 0 Å². The molecule has 1 N–H and O–H groups in total. The molecule has 0 spiro atoms. The van der Waals surface area contributed by atoms with Crippen LogP contribution in [0.3, 0.4) is 0 Å². The quantitative estimate of drug-likeness (QED) is 0.658. The van der Waals surface area contributed by atoms with E-state index in [4.69, 9.17) is 25.8 Å². The molecule has 0 saturated heterocycles. The minimum Gasteiger partial charge on any atom is -0.493 e. The summed E-state index contributed by atoms with van der Waals surface area (Å²) in [7, 11) is 1.54. The molecule has 0 aliphatic carbocycles. The number of nitrogens with one attached hydrogen (secondary N) is 1. The SMILES string of the molecule is CCOc1ncccc1CNC(=O)/C=C/c1cc(Cl)c(OCC)c(OC)c1. The first-order valence-electron chi connectivity index (χ1n) is 8.61. The van der Waals surface area contributed by atoms with Gasteiger partial charge in [0.05, 0.1) is 25.3 Å². The summed E-state index contributed by atoms with van der Waals surface area (Å²) in [5, 5.41) is 3.23. The number of hydrogen-bond donors (Lipinski definition) is 1. The predicted molar refractivity (Wildman–Crippen MR) is 105 cm³/mol. The number of aromatic nitrogens is 1. The zero-order valence-electron chi connectivity index (χ0n) is 15.6. The number of benzene rings is 1. The van der Waals surface area contributed by atoms with Crippen molar-refractivity contribution in [2.24, 2.45) is 0 Å². The van der Waals surface area contributed by atoms with Crippen molar-refractivity contribution in [2.75, 3.05) is 20.3 Å². The van der Waals surface area contributed by atoms with Crippen LogP contribution in [0.5, 0.6) is 17.4 Å². The molecule has 0 aliphatic rings. The molecule has 0 radical (unpaired) electrons. The number of halogens is 1. The summed E-state index contributed by atoms with van der Waals surface area (Å²) in [4.78, 5) is 16.3. The average molecular weight is 391 g/mol. The zero-order valence-corrected chi connectivity index (χ0v) is 16.4. The third kappa shape index (κ3) is 5.89. The van der Waals surface area contributed by atoms with Crippen LogP contribution in [0, 0.1) is 0 Å². The smallest absolute Gasteiger partial charge is 0.244 e. The van der Waals surface area contributed by atoms with Gasteiger partial charge < -0.3 is 19.5 Å². The largest absolute Gasteiger partial charge is 0.493 e. The Hall–Kier alpha value is -2.73. The molecular weight excluding hydrogens is 368 g/mol. The molecule has 0 unspecified atom stereocenters. The Morgan fingerprint density at radius 2 is 2.04 bits per heavy atom. The number of nitrogens with zero attached hydrogens (tertiary/aromatic N) is 1. The van der Waals surface area contributed by atoms with Crippen molar-refractivity contribution >= 4 is 23.6 Å². The highest BCUT2D eigenvalue weighted by atomic mass is 35.5. The maximum absolute atomic E-state index is 12.1. The Labute approximate surface area is 164 Å². The van der Waals surface area contributed by atoms with Crippen LogP contribution in [-0.2, 0) is 11.3 Å². The molecule has 1 heterocycles. The number of hydrogen-bond acceptors (Lipinski definition) is 5. The van der Waals surface area contributed by atoms with E-state index in [-0.39, 0.29) is 5.91 Å². The van der Waals surface area contributed by atoms with Crippen LogP contribution in [0.4, 0.5) is 0 Å². The number of carbonyl (C=O) groups excluding carboxylic acids is 1. The van der Waals surface area contributed by atoms with Gasteiger partial charge in [-0.1, -0.05) is 17.7 Å². The highest BCUT2D eigenvalue weighted by Crippen LogP contribution is 2.36. The Balaban J connectivity index is 2.03. The lowest BCUT2D eigenvalue weighted by Crippen LogP contribution is -2.20. The molecule has 27 heavy (non-hydrogen) atoms. The van der Waals surface area contributed by atoms with Crippen LogP contribution < -0.4 is 19.5 Å². The van der Waals surface area contributed by atoms with Gasteiger partial charge in [0, 0.05) is 24.4 Å². The second-order valence-electron chi connectivity index (χ2n) is 5.42. The first kappa shape index (κ1) is 20.6. The van der Waals surface area contributed by atoms with Crippen molar-refractivity contribution in [1.29, 1.82) is 0 Å². The predicted octanol–water partition coefficient (Wildman–Crippen LogP) is 3.87. The summed E-state index contributed by atoms with van der Waals surface area (Å²) in [6.07, 6.45) is 4.74. The summed E-state index contributed by atoms with van der Waals surface area (Å²) in [5.74, 6) is 1.28. The maximum Gasteiger partial charge on any atom is 0.244 e. The minimum atomic E-state index is -0.245. The lowest BCUT2D eigenvalue weighted by atomic mass is 10.2. The zero-order chi connectivity index (χ0) is 19.6. The van der Waals surface area contributed by atoms with Gasteiger partial charge in [-0.25, -0.2) is 4.98 Å². The number of carbonyl (C=O) groups is 1. The number of rotatable bonds is 9. The number of amides is 1. The van der Waals surface area contributed by atoms with Gasteiger partial charge in [-0.3, -0.25) is 4.79 Å². The summed E-state index contributed by atoms with van der Waals surface area (Å²) >= 11 is 6.24. The fourth-order valence-electron chi connectivity index (χ4n) is 2.36. The molecular formula is C20H23ClN2O4. The molecule has 0 bridgehead atoms. The Kier molecular flexibility index (Phi) is 7.95. The highest BCUT2D eigenvalue weighted by molar-refractivity contribution is 6.32. The van der Waals surface area contributed by atoms with Crippen LogP contribution in [0.1, 0.15) is 25.0 Å². The van der Waals surface area contributed by atoms with E-state index in [9.17, 15) is 4.79 Å². The van der Waals surface area contributed by atoms with Gasteiger partial charge in [-0.05, 0) is 43.7 Å². The maximum atomic E-state index is 12.1. The van der Waals surface area contributed by atoms with Crippen molar-refractivity contribution in [2.45, 2.75) is 20.4 Å². The Morgan fingerprint density at radius 1 is 1.26 bits per heavy atom. The van der Waals surface area contributed by atoms with Crippen molar-refractivity contribution < 1.29 is 19.0 Å². The second kappa shape index (κ2) is 10.4. The van der Waals surface area contributed by atoms with Gasteiger partial charge >= 0.3 is 0 Å². The molecule has 144 valence electrons. The summed E-state index contributed by atoms with van der Waals surface area (Å²) in [5.41, 5.74) is 1.54. The normalized spacial score (nSPS) is 10.7. The molecule has 0 fully saturated rings. The molecule has 2 rings (SSSR count). The van der Waals surface area contributed by atoms with Crippen molar-refractivity contribution in [3.05, 3.63) is 52.7 Å². The van der Waals surface area contributed by atoms with E-state index in [0.29, 0.717) is 42.2 Å². The van der Waals surface area contributed by atoms with Crippen LogP contribution in [0.15, 0.2) is 36.5 Å². The number of ether oxygens (including phenoxy) is 3. The van der Waals surface area contributed by atoms with E-state index in [1.54, 1.807) is 30.5 Å². The second-order valence-corrected chi connectivity index (χ2v) is 5.83. The van der Waals surface area contributed by atoms with E-state index in [1.807, 2.05) is 19.9 Å². The molecule has 0 atom stereocenters. The highest BCUT2D eigenvalue weighted by Gasteiger charge is 2.11. The van der Waals surface area contributed by atoms with Crippen molar-refractivity contribution in [3.63, 3.8) is 0 Å². The molecule has 6 nitrogen and oxygen atoms in total.